The van der Waals surface area contributed by atoms with Gasteiger partial charge in [0.1, 0.15) is 11.3 Å². The number of halogens is 3. The molecule has 11 heteroatoms. The molecule has 0 saturated carbocycles. The van der Waals surface area contributed by atoms with Gasteiger partial charge in [-0.3, -0.25) is 4.79 Å². The smallest absolute Gasteiger partial charge is 0.395 e. The second-order valence-electron chi connectivity index (χ2n) is 8.27. The van der Waals surface area contributed by atoms with Gasteiger partial charge >= 0.3 is 6.18 Å². The van der Waals surface area contributed by atoms with E-state index in [0.717, 1.165) is 5.56 Å². The van der Waals surface area contributed by atoms with E-state index in [1.165, 1.54) is 18.2 Å². The summed E-state index contributed by atoms with van der Waals surface area (Å²) in [4.78, 5) is 12.0. The van der Waals surface area contributed by atoms with E-state index >= 15 is 0 Å². The molecule has 0 aliphatic heterocycles. The first kappa shape index (κ1) is 23.8. The van der Waals surface area contributed by atoms with Gasteiger partial charge in [-0.15, -0.1) is 0 Å². The first-order valence-electron chi connectivity index (χ1n) is 11.1. The minimum Gasteiger partial charge on any atom is -0.395 e. The second-order valence-corrected chi connectivity index (χ2v) is 8.27. The van der Waals surface area contributed by atoms with Crippen molar-refractivity contribution >= 4 is 5.91 Å². The molecule has 4 aromatic rings. The minimum absolute atomic E-state index is 0.0137. The average Bonchev–Trinajstić information content (AvgIpc) is 3.51. The third-order valence-electron chi connectivity index (χ3n) is 6.02. The Labute approximate surface area is 202 Å². The van der Waals surface area contributed by atoms with Crippen LogP contribution in [-0.2, 0) is 23.8 Å². The Morgan fingerprint density at radius 1 is 1.03 bits per heavy atom. The first-order chi connectivity index (χ1) is 17.3. The van der Waals surface area contributed by atoms with Gasteiger partial charge in [0.2, 0.25) is 0 Å². The highest BCUT2D eigenvalue weighted by molar-refractivity contribution is 5.83. The number of aromatic nitrogens is 2. The van der Waals surface area contributed by atoms with Gasteiger partial charge in [-0.25, -0.2) is 0 Å². The molecule has 5 rings (SSSR count). The number of hydrogen-bond donors (Lipinski definition) is 3. The number of nitrogens with one attached hydrogen (secondary N) is 1. The summed E-state index contributed by atoms with van der Waals surface area (Å²) in [6.45, 7) is -0.242. The molecule has 0 spiro atoms. The van der Waals surface area contributed by atoms with Crippen LogP contribution in [0.25, 0.3) is 34.0 Å². The predicted octanol–water partition coefficient (Wildman–Crippen LogP) is 3.92. The van der Waals surface area contributed by atoms with Crippen molar-refractivity contribution in [3.8, 4) is 34.0 Å². The first-order valence-corrected chi connectivity index (χ1v) is 11.1. The lowest BCUT2D eigenvalue weighted by molar-refractivity contribution is -0.137. The van der Waals surface area contributed by atoms with Crippen molar-refractivity contribution in [2.24, 2.45) is 0 Å². The van der Waals surface area contributed by atoms with Crippen molar-refractivity contribution in [1.29, 1.82) is 0 Å². The zero-order valence-corrected chi connectivity index (χ0v) is 18.7. The number of aliphatic hydroxyl groups is 2. The molecule has 0 fully saturated rings. The fourth-order valence-electron chi connectivity index (χ4n) is 4.34. The fraction of sp³-hybridized carbons (Fsp3) is 0.240. The summed E-state index contributed by atoms with van der Waals surface area (Å²) in [5.74, 6) is -1.16. The summed E-state index contributed by atoms with van der Waals surface area (Å²) in [7, 11) is 0. The molecule has 36 heavy (non-hydrogen) atoms. The van der Waals surface area contributed by atoms with E-state index in [0.29, 0.717) is 35.2 Å². The van der Waals surface area contributed by atoms with Crippen LogP contribution in [0.2, 0.25) is 0 Å². The maximum absolute atomic E-state index is 14.1. The number of aliphatic hydroxyl groups excluding tert-OH is 2. The number of fused-ring (bicyclic) bond motifs is 3. The normalized spacial score (nSPS) is 13.7. The molecule has 2 aromatic carbocycles. The Morgan fingerprint density at radius 3 is 2.47 bits per heavy atom. The van der Waals surface area contributed by atoms with E-state index in [2.05, 4.69) is 15.6 Å². The van der Waals surface area contributed by atoms with Gasteiger partial charge < -0.3 is 24.6 Å². The Kier molecular flexibility index (Phi) is 6.10. The zero-order valence-electron chi connectivity index (χ0n) is 18.7. The molecule has 1 aliphatic carbocycles. The molecule has 1 amide bonds. The molecule has 1 aliphatic rings. The lowest BCUT2D eigenvalue weighted by atomic mass is 9.86. The van der Waals surface area contributed by atoms with Crippen LogP contribution < -0.4 is 5.32 Å². The summed E-state index contributed by atoms with van der Waals surface area (Å²) in [5, 5.41) is 29.3. The highest BCUT2D eigenvalue weighted by atomic mass is 19.4. The summed E-state index contributed by atoms with van der Waals surface area (Å²) in [6.07, 6.45) is -5.46. The number of rotatable bonds is 6. The van der Waals surface area contributed by atoms with Crippen LogP contribution in [0.4, 0.5) is 13.2 Å². The monoisotopic (exact) mass is 499 g/mol. The maximum atomic E-state index is 14.1. The highest BCUT2D eigenvalue weighted by Crippen LogP contribution is 2.46. The molecule has 2 aromatic heterocycles. The lowest BCUT2D eigenvalue weighted by Gasteiger charge is -2.18. The van der Waals surface area contributed by atoms with Crippen LogP contribution in [0.15, 0.2) is 57.6 Å². The van der Waals surface area contributed by atoms with Gasteiger partial charge in [-0.2, -0.15) is 13.2 Å². The second kappa shape index (κ2) is 9.25. The number of benzene rings is 2. The molecular weight excluding hydrogens is 479 g/mol. The summed E-state index contributed by atoms with van der Waals surface area (Å²) < 4.78 is 52.9. The number of amides is 1. The number of aryl methyl sites for hydroxylation is 1. The molecule has 0 unspecified atom stereocenters. The number of hydrogen-bond acceptors (Lipinski definition) is 7. The topological polar surface area (TPSA) is 122 Å². The largest absolute Gasteiger partial charge is 0.422 e. The number of alkyl halides is 3. The summed E-state index contributed by atoms with van der Waals surface area (Å²) >= 11 is 0. The number of carbonyl (C=O) groups is 1. The molecular formula is C25H20F3N3O5. The summed E-state index contributed by atoms with van der Waals surface area (Å²) in [5.41, 5.74) is 1.30. The molecule has 0 saturated heterocycles. The molecule has 3 N–H and O–H groups in total. The van der Waals surface area contributed by atoms with E-state index in [1.54, 1.807) is 30.3 Å². The van der Waals surface area contributed by atoms with E-state index in [4.69, 9.17) is 14.2 Å². The molecule has 8 nitrogen and oxygen atoms in total. The minimum atomic E-state index is -4.76. The van der Waals surface area contributed by atoms with Gasteiger partial charge in [0.05, 0.1) is 6.61 Å². The standard InChI is InChI=1S/C25H20F3N3O5/c26-25(27,28)18-20(31-35-22(18)13-4-2-1-3-5-13)23-17-9-6-14-12-15(21(33)24(34)29-10-11-32)7-8-16(14)19(17)30-36-23/h1-5,7-8,12,21,32-33H,6,9-11H2,(H,29,34)/t21-/m1/s1. The van der Waals surface area contributed by atoms with E-state index in [-0.39, 0.29) is 24.5 Å². The molecule has 0 radical (unpaired) electrons. The van der Waals surface area contributed by atoms with Gasteiger partial charge in [-0.1, -0.05) is 58.8 Å². The fourth-order valence-corrected chi connectivity index (χ4v) is 4.34. The van der Waals surface area contributed by atoms with Crippen LogP contribution in [0, 0.1) is 0 Å². The van der Waals surface area contributed by atoms with Crippen molar-refractivity contribution < 1.29 is 37.2 Å². The van der Waals surface area contributed by atoms with E-state index < -0.39 is 35.2 Å². The van der Waals surface area contributed by atoms with Crippen molar-refractivity contribution in [2.45, 2.75) is 25.1 Å². The lowest BCUT2D eigenvalue weighted by Crippen LogP contribution is -2.31. The van der Waals surface area contributed by atoms with Crippen LogP contribution >= 0.6 is 0 Å². The van der Waals surface area contributed by atoms with Crippen molar-refractivity contribution in [2.75, 3.05) is 13.2 Å². The Hall–Kier alpha value is -3.96. The van der Waals surface area contributed by atoms with Gasteiger partial charge in [0.15, 0.2) is 23.3 Å². The molecule has 1 atom stereocenters. The van der Waals surface area contributed by atoms with Crippen molar-refractivity contribution in [3.63, 3.8) is 0 Å². The van der Waals surface area contributed by atoms with Gasteiger partial charge in [-0.05, 0) is 24.0 Å². The number of nitrogens with zero attached hydrogens (tertiary/aromatic N) is 2. The van der Waals surface area contributed by atoms with Crippen molar-refractivity contribution in [3.05, 3.63) is 70.8 Å². The van der Waals surface area contributed by atoms with Gasteiger partial charge in [0, 0.05) is 23.2 Å². The number of carbonyl (C=O) groups excluding carboxylic acids is 1. The highest BCUT2D eigenvalue weighted by Gasteiger charge is 2.43. The summed E-state index contributed by atoms with van der Waals surface area (Å²) in [6, 6.07) is 12.7. The average molecular weight is 499 g/mol. The quantitative estimate of drug-likeness (QED) is 0.368. The zero-order chi connectivity index (χ0) is 25.4. The SMILES string of the molecule is O=C(NCCO)[C@H](O)c1ccc2c(c1)CCc1c-2noc1-c1noc(-c2ccccc2)c1C(F)(F)F. The molecule has 2 heterocycles. The Balaban J connectivity index is 1.53. The Morgan fingerprint density at radius 2 is 1.75 bits per heavy atom. The predicted molar refractivity (Wildman–Crippen MR) is 120 cm³/mol. The molecule has 186 valence electrons. The third-order valence-corrected chi connectivity index (χ3v) is 6.02. The maximum Gasteiger partial charge on any atom is 0.422 e. The van der Waals surface area contributed by atoms with Crippen LogP contribution in [0.3, 0.4) is 0 Å². The van der Waals surface area contributed by atoms with Crippen LogP contribution in [0.5, 0.6) is 0 Å². The van der Waals surface area contributed by atoms with E-state index in [1.807, 2.05) is 0 Å². The van der Waals surface area contributed by atoms with Crippen LogP contribution in [-0.4, -0.2) is 39.6 Å². The van der Waals surface area contributed by atoms with E-state index in [9.17, 15) is 23.1 Å². The molecule has 0 bridgehead atoms. The Bertz CT molecular complexity index is 1410. The van der Waals surface area contributed by atoms with Crippen LogP contribution in [0.1, 0.15) is 28.4 Å². The third kappa shape index (κ3) is 4.16. The van der Waals surface area contributed by atoms with Gasteiger partial charge in [0.25, 0.3) is 5.91 Å². The van der Waals surface area contributed by atoms with Crippen molar-refractivity contribution in [1.82, 2.24) is 15.6 Å².